The lowest BCUT2D eigenvalue weighted by Crippen LogP contribution is -2.50. The van der Waals surface area contributed by atoms with Gasteiger partial charge in [0.15, 0.2) is 5.17 Å². The first kappa shape index (κ1) is 22.3. The van der Waals surface area contributed by atoms with E-state index in [1.54, 1.807) is 0 Å². The average Bonchev–Trinajstić information content (AvgIpc) is 3.19. The van der Waals surface area contributed by atoms with Crippen LogP contribution in [0.15, 0.2) is 59.6 Å². The second-order valence-corrected chi connectivity index (χ2v) is 8.60. The van der Waals surface area contributed by atoms with Crippen molar-refractivity contribution in [3.05, 3.63) is 60.2 Å². The fraction of sp³-hybridized carbons (Fsp3) is 0.348. The number of carbonyl (C=O) groups is 1. The van der Waals surface area contributed by atoms with Gasteiger partial charge in [-0.3, -0.25) is 20.5 Å². The van der Waals surface area contributed by atoms with Crippen LogP contribution in [0.25, 0.3) is 0 Å². The molecule has 32 heavy (non-hydrogen) atoms. The van der Waals surface area contributed by atoms with E-state index >= 15 is 0 Å². The molecule has 2 aliphatic rings. The standard InChI is InChI=1S/C23H28N6O2S/c1-3-31-18-11-9-17(10-12-18)29-21(24)20-15(2)27-28-22(20)26-23(29)32-14-19(30)25-13-16-7-5-4-6-8-16/h4-12,15,20,22,24,27-28H,3,13-14H2,1-2H3,(H,25,30). The largest absolute Gasteiger partial charge is 0.494 e. The Kier molecular flexibility index (Phi) is 7.09. The van der Waals surface area contributed by atoms with E-state index in [9.17, 15) is 4.79 Å². The van der Waals surface area contributed by atoms with Crippen molar-refractivity contribution in [2.75, 3.05) is 17.3 Å². The number of thioether (sulfide) groups is 1. The highest BCUT2D eigenvalue weighted by Crippen LogP contribution is 2.32. The molecular formula is C23H28N6O2S. The first-order valence-electron chi connectivity index (χ1n) is 10.7. The molecule has 4 N–H and O–H groups in total. The number of hydrogen-bond donors (Lipinski definition) is 4. The highest BCUT2D eigenvalue weighted by atomic mass is 32.2. The summed E-state index contributed by atoms with van der Waals surface area (Å²) in [6.45, 7) is 5.06. The van der Waals surface area contributed by atoms with Crippen LogP contribution in [0.4, 0.5) is 5.69 Å². The minimum atomic E-state index is -0.230. The average molecular weight is 453 g/mol. The third kappa shape index (κ3) is 4.95. The molecule has 0 saturated carbocycles. The van der Waals surface area contributed by atoms with E-state index in [1.165, 1.54) is 11.8 Å². The van der Waals surface area contributed by atoms with Gasteiger partial charge < -0.3 is 10.1 Å². The van der Waals surface area contributed by atoms with Crippen molar-refractivity contribution in [1.82, 2.24) is 16.2 Å². The summed E-state index contributed by atoms with van der Waals surface area (Å²) in [5, 5.41) is 12.5. The summed E-state index contributed by atoms with van der Waals surface area (Å²) in [6.07, 6.45) is -0.230. The van der Waals surface area contributed by atoms with Crippen molar-refractivity contribution in [1.29, 1.82) is 5.41 Å². The van der Waals surface area contributed by atoms with Crippen LogP contribution in [0, 0.1) is 11.3 Å². The number of fused-ring (bicyclic) bond motifs is 1. The maximum absolute atomic E-state index is 12.5. The van der Waals surface area contributed by atoms with E-state index in [1.807, 2.05) is 73.3 Å². The van der Waals surface area contributed by atoms with Crippen LogP contribution in [0.1, 0.15) is 19.4 Å². The van der Waals surface area contributed by atoms with Gasteiger partial charge in [-0.1, -0.05) is 42.1 Å². The molecule has 0 radical (unpaired) electrons. The van der Waals surface area contributed by atoms with Gasteiger partial charge in [0.25, 0.3) is 0 Å². The Morgan fingerprint density at radius 3 is 2.66 bits per heavy atom. The van der Waals surface area contributed by atoms with Crippen LogP contribution in [-0.2, 0) is 11.3 Å². The number of carbonyl (C=O) groups excluding carboxylic acids is 1. The Morgan fingerprint density at radius 1 is 1.19 bits per heavy atom. The van der Waals surface area contributed by atoms with Crippen molar-refractivity contribution < 1.29 is 9.53 Å². The maximum atomic E-state index is 12.5. The number of hydrazine groups is 1. The van der Waals surface area contributed by atoms with Crippen molar-refractivity contribution in [3.8, 4) is 5.75 Å². The summed E-state index contributed by atoms with van der Waals surface area (Å²) >= 11 is 1.34. The summed E-state index contributed by atoms with van der Waals surface area (Å²) in [5.41, 5.74) is 8.22. The SMILES string of the molecule is CCOc1ccc(N2C(=N)C3C(C)NNC3N=C2SCC(=O)NCc2ccccc2)cc1. The smallest absolute Gasteiger partial charge is 0.230 e. The van der Waals surface area contributed by atoms with Gasteiger partial charge in [0, 0.05) is 18.3 Å². The van der Waals surface area contributed by atoms with E-state index in [0.29, 0.717) is 24.2 Å². The minimum Gasteiger partial charge on any atom is -0.494 e. The molecule has 2 aliphatic heterocycles. The number of amides is 1. The molecule has 3 unspecified atom stereocenters. The van der Waals surface area contributed by atoms with Gasteiger partial charge >= 0.3 is 0 Å². The number of hydrogen-bond acceptors (Lipinski definition) is 7. The first-order chi connectivity index (χ1) is 15.6. The third-order valence-electron chi connectivity index (χ3n) is 5.41. The summed E-state index contributed by atoms with van der Waals surface area (Å²) in [4.78, 5) is 19.1. The van der Waals surface area contributed by atoms with Crippen molar-refractivity contribution >= 4 is 34.4 Å². The zero-order valence-electron chi connectivity index (χ0n) is 18.2. The van der Waals surface area contributed by atoms with E-state index in [2.05, 4.69) is 16.2 Å². The Balaban J connectivity index is 1.48. The lowest BCUT2D eigenvalue weighted by atomic mass is 9.97. The first-order valence-corrected chi connectivity index (χ1v) is 11.7. The number of nitrogens with one attached hydrogen (secondary N) is 4. The molecule has 2 aromatic carbocycles. The molecule has 1 saturated heterocycles. The lowest BCUT2D eigenvalue weighted by molar-refractivity contribution is -0.118. The molecule has 3 atom stereocenters. The maximum Gasteiger partial charge on any atom is 0.230 e. The second kappa shape index (κ2) is 10.2. The van der Waals surface area contributed by atoms with Crippen LogP contribution in [-0.4, -0.2) is 41.5 Å². The molecule has 2 aromatic rings. The quantitative estimate of drug-likeness (QED) is 0.515. The molecule has 0 spiro atoms. The molecule has 9 heteroatoms. The fourth-order valence-corrected chi connectivity index (χ4v) is 4.67. The molecule has 0 aromatic heterocycles. The van der Waals surface area contributed by atoms with Crippen LogP contribution < -0.4 is 25.8 Å². The normalized spacial score (nSPS) is 22.3. The van der Waals surface area contributed by atoms with E-state index in [-0.39, 0.29) is 29.8 Å². The van der Waals surface area contributed by atoms with Crippen LogP contribution in [0.5, 0.6) is 5.75 Å². The molecule has 1 amide bonds. The number of anilines is 1. The van der Waals surface area contributed by atoms with E-state index < -0.39 is 0 Å². The van der Waals surface area contributed by atoms with E-state index in [4.69, 9.17) is 15.1 Å². The lowest BCUT2D eigenvalue weighted by Gasteiger charge is -2.36. The molecular weight excluding hydrogens is 424 g/mol. The summed E-state index contributed by atoms with van der Waals surface area (Å²) in [7, 11) is 0. The number of amidine groups is 2. The van der Waals surface area contributed by atoms with Gasteiger partial charge in [-0.25, -0.2) is 10.4 Å². The molecule has 8 nitrogen and oxygen atoms in total. The van der Waals surface area contributed by atoms with Crippen molar-refractivity contribution in [2.24, 2.45) is 10.9 Å². The Bertz CT molecular complexity index is 982. The molecule has 0 bridgehead atoms. The second-order valence-electron chi connectivity index (χ2n) is 7.66. The van der Waals surface area contributed by atoms with Gasteiger partial charge in [-0.2, -0.15) is 0 Å². The Labute approximate surface area is 192 Å². The zero-order valence-corrected chi connectivity index (χ0v) is 19.0. The fourth-order valence-electron chi connectivity index (χ4n) is 3.78. The zero-order chi connectivity index (χ0) is 22.5. The molecule has 1 fully saturated rings. The Hall–Kier alpha value is -2.88. The highest BCUT2D eigenvalue weighted by Gasteiger charge is 2.43. The van der Waals surface area contributed by atoms with Gasteiger partial charge in [-0.05, 0) is 43.7 Å². The number of aliphatic imine (C=N–C) groups is 1. The van der Waals surface area contributed by atoms with Gasteiger partial charge in [-0.15, -0.1) is 0 Å². The topological polar surface area (TPSA) is 102 Å². The van der Waals surface area contributed by atoms with Crippen LogP contribution >= 0.6 is 11.8 Å². The number of rotatable bonds is 7. The molecule has 4 rings (SSSR count). The Morgan fingerprint density at radius 2 is 1.94 bits per heavy atom. The number of benzene rings is 2. The molecule has 0 aliphatic carbocycles. The van der Waals surface area contributed by atoms with E-state index in [0.717, 1.165) is 17.0 Å². The summed E-state index contributed by atoms with van der Waals surface area (Å²) < 4.78 is 5.55. The van der Waals surface area contributed by atoms with Crippen LogP contribution in [0.3, 0.4) is 0 Å². The molecule has 168 valence electrons. The van der Waals surface area contributed by atoms with Gasteiger partial charge in [0.1, 0.15) is 17.8 Å². The highest BCUT2D eigenvalue weighted by molar-refractivity contribution is 8.14. The third-order valence-corrected chi connectivity index (χ3v) is 6.36. The van der Waals surface area contributed by atoms with Gasteiger partial charge in [0.2, 0.25) is 5.91 Å². The summed E-state index contributed by atoms with van der Waals surface area (Å²) in [6, 6.07) is 17.5. The predicted octanol–water partition coefficient (Wildman–Crippen LogP) is 2.73. The number of ether oxygens (including phenoxy) is 1. The summed E-state index contributed by atoms with van der Waals surface area (Å²) in [5.74, 6) is 1.27. The van der Waals surface area contributed by atoms with Gasteiger partial charge in [0.05, 0.1) is 18.3 Å². The van der Waals surface area contributed by atoms with Crippen molar-refractivity contribution in [3.63, 3.8) is 0 Å². The predicted molar refractivity (Wildman–Crippen MR) is 129 cm³/mol. The van der Waals surface area contributed by atoms with Crippen molar-refractivity contribution in [2.45, 2.75) is 32.6 Å². The molecule has 2 heterocycles. The number of nitrogens with zero attached hydrogens (tertiary/aromatic N) is 2. The van der Waals surface area contributed by atoms with Crippen LogP contribution in [0.2, 0.25) is 0 Å². The minimum absolute atomic E-state index is 0.0715. The monoisotopic (exact) mass is 452 g/mol.